The van der Waals surface area contributed by atoms with Crippen LogP contribution >= 0.6 is 0 Å². The van der Waals surface area contributed by atoms with Gasteiger partial charge in [0, 0.05) is 13.1 Å². The summed E-state index contributed by atoms with van der Waals surface area (Å²) < 4.78 is 0. The van der Waals surface area contributed by atoms with E-state index in [1.54, 1.807) is 0 Å². The number of hydrogen-bond donors (Lipinski definition) is 0. The van der Waals surface area contributed by atoms with Crippen LogP contribution in [0.25, 0.3) is 0 Å². The first-order chi connectivity index (χ1) is 9.90. The van der Waals surface area contributed by atoms with E-state index < -0.39 is 0 Å². The van der Waals surface area contributed by atoms with Crippen LogP contribution in [-0.4, -0.2) is 24.5 Å². The van der Waals surface area contributed by atoms with Crippen LogP contribution in [-0.2, 0) is 6.42 Å². The molecule has 0 aromatic heterocycles. The van der Waals surface area contributed by atoms with Gasteiger partial charge in [-0.05, 0) is 56.0 Å². The van der Waals surface area contributed by atoms with Gasteiger partial charge in [-0.25, -0.2) is 0 Å². The summed E-state index contributed by atoms with van der Waals surface area (Å²) in [4.78, 5) is 2.77. The lowest BCUT2D eigenvalue weighted by molar-refractivity contribution is 0.137. The van der Waals surface area contributed by atoms with Gasteiger partial charge < -0.3 is 4.90 Å². The van der Waals surface area contributed by atoms with Gasteiger partial charge in [-0.3, -0.25) is 0 Å². The Hall–Kier alpha value is -0.820. The van der Waals surface area contributed by atoms with Gasteiger partial charge in [0.25, 0.3) is 0 Å². The van der Waals surface area contributed by atoms with Crippen molar-refractivity contribution in [1.82, 2.24) is 4.90 Å². The molecule has 2 fully saturated rings. The van der Waals surface area contributed by atoms with Gasteiger partial charge in [-0.15, -0.1) is 0 Å². The smallest absolute Gasteiger partial charge is 0.00130 e. The van der Waals surface area contributed by atoms with Crippen LogP contribution in [0.2, 0.25) is 0 Å². The van der Waals surface area contributed by atoms with Gasteiger partial charge in [-0.2, -0.15) is 0 Å². The molecule has 1 aliphatic carbocycles. The third-order valence-electron chi connectivity index (χ3n) is 5.21. The van der Waals surface area contributed by atoms with Crippen molar-refractivity contribution < 1.29 is 0 Å². The van der Waals surface area contributed by atoms with Gasteiger partial charge >= 0.3 is 0 Å². The average Bonchev–Trinajstić information content (AvgIpc) is 2.50. The zero-order valence-electron chi connectivity index (χ0n) is 12.8. The Morgan fingerprint density at radius 2 is 1.60 bits per heavy atom. The van der Waals surface area contributed by atoms with E-state index in [0.29, 0.717) is 0 Å². The summed E-state index contributed by atoms with van der Waals surface area (Å²) in [6, 6.07) is 11.1. The Bertz CT molecular complexity index is 380. The molecule has 0 spiro atoms. The van der Waals surface area contributed by atoms with E-state index in [2.05, 4.69) is 35.2 Å². The second kappa shape index (κ2) is 7.26. The molecule has 1 heterocycles. The van der Waals surface area contributed by atoms with Crippen LogP contribution in [0, 0.1) is 11.8 Å². The summed E-state index contributed by atoms with van der Waals surface area (Å²) in [7, 11) is 0. The van der Waals surface area contributed by atoms with Crippen LogP contribution in [0.4, 0.5) is 0 Å². The summed E-state index contributed by atoms with van der Waals surface area (Å²) in [5.41, 5.74) is 1.53. The molecule has 1 saturated carbocycles. The monoisotopic (exact) mass is 271 g/mol. The molecule has 20 heavy (non-hydrogen) atoms. The molecular formula is C19H29N. The van der Waals surface area contributed by atoms with Gasteiger partial charge in [0.2, 0.25) is 0 Å². The second-order valence-corrected chi connectivity index (χ2v) is 6.96. The van der Waals surface area contributed by atoms with Crippen molar-refractivity contribution in [1.29, 1.82) is 0 Å². The van der Waals surface area contributed by atoms with Crippen LogP contribution in [0.15, 0.2) is 30.3 Å². The third kappa shape index (κ3) is 4.09. The van der Waals surface area contributed by atoms with Gasteiger partial charge in [0.1, 0.15) is 0 Å². The van der Waals surface area contributed by atoms with E-state index in [-0.39, 0.29) is 0 Å². The highest BCUT2D eigenvalue weighted by atomic mass is 15.1. The maximum absolute atomic E-state index is 2.77. The number of hydrogen-bond acceptors (Lipinski definition) is 1. The molecule has 0 radical (unpaired) electrons. The van der Waals surface area contributed by atoms with Crippen LogP contribution < -0.4 is 0 Å². The summed E-state index contributed by atoms with van der Waals surface area (Å²) in [5, 5.41) is 0. The summed E-state index contributed by atoms with van der Waals surface area (Å²) in [6.07, 6.45) is 11.5. The van der Waals surface area contributed by atoms with Crippen LogP contribution in [0.3, 0.4) is 0 Å². The van der Waals surface area contributed by atoms with E-state index in [0.717, 1.165) is 11.8 Å². The highest BCUT2D eigenvalue weighted by Crippen LogP contribution is 2.27. The minimum absolute atomic E-state index is 0.884. The highest BCUT2D eigenvalue weighted by Gasteiger charge is 2.23. The summed E-state index contributed by atoms with van der Waals surface area (Å²) in [5.74, 6) is 1.88. The fourth-order valence-electron chi connectivity index (χ4n) is 4.17. The van der Waals surface area contributed by atoms with Crippen molar-refractivity contribution in [3.8, 4) is 0 Å². The molecule has 1 unspecified atom stereocenters. The minimum atomic E-state index is 0.884. The lowest BCUT2D eigenvalue weighted by Gasteiger charge is -2.36. The Labute approximate surface area is 124 Å². The Balaban J connectivity index is 1.48. The summed E-state index contributed by atoms with van der Waals surface area (Å²) >= 11 is 0. The number of likely N-dealkylation sites (tertiary alicyclic amines) is 1. The molecule has 0 amide bonds. The number of nitrogens with zero attached hydrogens (tertiary/aromatic N) is 1. The fraction of sp³-hybridized carbons (Fsp3) is 0.684. The lowest BCUT2D eigenvalue weighted by atomic mass is 9.87. The topological polar surface area (TPSA) is 3.24 Å². The second-order valence-electron chi connectivity index (χ2n) is 6.96. The normalized spacial score (nSPS) is 25.7. The van der Waals surface area contributed by atoms with Crippen molar-refractivity contribution in [2.75, 3.05) is 19.6 Å². The molecule has 0 bridgehead atoms. The first-order valence-electron chi connectivity index (χ1n) is 8.66. The number of rotatable bonds is 4. The zero-order chi connectivity index (χ0) is 13.6. The van der Waals surface area contributed by atoms with Gasteiger partial charge in [0.15, 0.2) is 0 Å². The lowest BCUT2D eigenvalue weighted by Crippen LogP contribution is -2.39. The SMILES string of the molecule is c1ccc(CC2CCCN(CC3CCCCC3)C2)cc1. The van der Waals surface area contributed by atoms with E-state index in [1.807, 2.05) is 0 Å². The summed E-state index contributed by atoms with van der Waals surface area (Å²) in [6.45, 7) is 4.07. The molecule has 1 saturated heterocycles. The molecule has 1 aromatic rings. The molecule has 2 aliphatic rings. The Morgan fingerprint density at radius 3 is 2.40 bits per heavy atom. The van der Waals surface area contributed by atoms with Crippen molar-refractivity contribution in [3.63, 3.8) is 0 Å². The first kappa shape index (κ1) is 14.1. The largest absolute Gasteiger partial charge is 0.303 e. The van der Waals surface area contributed by atoms with Crippen molar-refractivity contribution >= 4 is 0 Å². The third-order valence-corrected chi connectivity index (χ3v) is 5.21. The van der Waals surface area contributed by atoms with E-state index in [1.165, 1.54) is 76.6 Å². The molecule has 0 N–H and O–H groups in total. The van der Waals surface area contributed by atoms with Crippen molar-refractivity contribution in [2.24, 2.45) is 11.8 Å². The standard InChI is InChI=1S/C19H29N/c1-3-8-17(9-4-1)14-19-12-7-13-20(16-19)15-18-10-5-2-6-11-18/h1,3-4,8-9,18-19H,2,5-7,10-16H2. The molecule has 1 atom stereocenters. The maximum Gasteiger partial charge on any atom is 0.00130 e. The molecule has 110 valence electrons. The van der Waals surface area contributed by atoms with Gasteiger partial charge in [0.05, 0.1) is 0 Å². The van der Waals surface area contributed by atoms with Crippen molar-refractivity contribution in [2.45, 2.75) is 51.4 Å². The zero-order valence-corrected chi connectivity index (χ0v) is 12.8. The van der Waals surface area contributed by atoms with E-state index in [9.17, 15) is 0 Å². The Kier molecular flexibility index (Phi) is 5.13. The molecular weight excluding hydrogens is 242 g/mol. The van der Waals surface area contributed by atoms with Crippen molar-refractivity contribution in [3.05, 3.63) is 35.9 Å². The predicted octanol–water partition coefficient (Wildman–Crippen LogP) is 4.52. The maximum atomic E-state index is 2.77. The quantitative estimate of drug-likeness (QED) is 0.778. The van der Waals surface area contributed by atoms with Crippen LogP contribution in [0.1, 0.15) is 50.5 Å². The molecule has 1 nitrogen and oxygen atoms in total. The molecule has 1 heteroatoms. The van der Waals surface area contributed by atoms with E-state index in [4.69, 9.17) is 0 Å². The van der Waals surface area contributed by atoms with E-state index >= 15 is 0 Å². The minimum Gasteiger partial charge on any atom is -0.303 e. The number of piperidine rings is 1. The molecule has 3 rings (SSSR count). The molecule has 1 aromatic carbocycles. The first-order valence-corrected chi connectivity index (χ1v) is 8.66. The molecule has 1 aliphatic heterocycles. The van der Waals surface area contributed by atoms with Crippen LogP contribution in [0.5, 0.6) is 0 Å². The Morgan fingerprint density at radius 1 is 0.850 bits per heavy atom. The fourth-order valence-corrected chi connectivity index (χ4v) is 4.17. The average molecular weight is 271 g/mol. The predicted molar refractivity (Wildman–Crippen MR) is 85.9 cm³/mol. The van der Waals surface area contributed by atoms with Gasteiger partial charge in [-0.1, -0.05) is 49.6 Å². The number of benzene rings is 1. The highest BCUT2D eigenvalue weighted by molar-refractivity contribution is 5.15.